The van der Waals surface area contributed by atoms with Crippen LogP contribution in [0.1, 0.15) is 37.8 Å². The molecule has 1 aliphatic rings. The third-order valence-corrected chi connectivity index (χ3v) is 5.34. The summed E-state index contributed by atoms with van der Waals surface area (Å²) in [4.78, 5) is 12.1. The summed E-state index contributed by atoms with van der Waals surface area (Å²) in [5.74, 6) is 0. The van der Waals surface area contributed by atoms with E-state index in [1.807, 2.05) is 43.1 Å². The van der Waals surface area contributed by atoms with Crippen LogP contribution in [0, 0.1) is 0 Å². The van der Waals surface area contributed by atoms with E-state index in [0.29, 0.717) is 17.3 Å². The third-order valence-electron chi connectivity index (χ3n) is 4.17. The van der Waals surface area contributed by atoms with Gasteiger partial charge in [-0.15, -0.1) is 0 Å². The number of carbonyl (C=O) groups is 1. The van der Waals surface area contributed by atoms with Crippen molar-refractivity contribution in [1.82, 2.24) is 10.6 Å². The number of anilines is 1. The molecule has 3 unspecified atom stereocenters. The number of thioether (sulfide) groups is 1. The molecule has 5 heteroatoms. The van der Waals surface area contributed by atoms with Gasteiger partial charge < -0.3 is 16.0 Å². The van der Waals surface area contributed by atoms with E-state index in [1.54, 1.807) is 0 Å². The normalized spacial score (nSPS) is 22.8. The van der Waals surface area contributed by atoms with E-state index in [1.165, 1.54) is 18.4 Å². The standard InChI is InChI=1S/C16H25N3OS/c1-11(17-2)12-7-9-13(10-8-12)18-16(20)19-14-5-4-6-15(14)21-3/h7-11,14-15,17H,4-6H2,1-3H3,(H2,18,19,20). The van der Waals surface area contributed by atoms with Crippen LogP contribution in [0.25, 0.3) is 0 Å². The van der Waals surface area contributed by atoms with Crippen LogP contribution in [0.5, 0.6) is 0 Å². The van der Waals surface area contributed by atoms with Crippen molar-refractivity contribution in [3.8, 4) is 0 Å². The molecule has 0 saturated heterocycles. The summed E-state index contributed by atoms with van der Waals surface area (Å²) >= 11 is 1.85. The fourth-order valence-electron chi connectivity index (χ4n) is 2.73. The van der Waals surface area contributed by atoms with E-state index < -0.39 is 0 Å². The molecule has 1 aromatic rings. The SMILES string of the molecule is CNC(C)c1ccc(NC(=O)NC2CCCC2SC)cc1. The summed E-state index contributed by atoms with van der Waals surface area (Å²) in [6.07, 6.45) is 5.59. The van der Waals surface area contributed by atoms with Gasteiger partial charge in [-0.05, 0) is 50.8 Å². The molecule has 4 nitrogen and oxygen atoms in total. The van der Waals surface area contributed by atoms with E-state index in [2.05, 4.69) is 29.1 Å². The molecule has 0 heterocycles. The second-order valence-electron chi connectivity index (χ2n) is 5.54. The molecule has 21 heavy (non-hydrogen) atoms. The first-order valence-corrected chi connectivity index (χ1v) is 8.80. The first-order valence-electron chi connectivity index (χ1n) is 7.51. The predicted octanol–water partition coefficient (Wildman–Crippen LogP) is 3.37. The van der Waals surface area contributed by atoms with Crippen molar-refractivity contribution in [3.05, 3.63) is 29.8 Å². The number of carbonyl (C=O) groups excluding carboxylic acids is 1. The Labute approximate surface area is 131 Å². The molecular formula is C16H25N3OS. The molecule has 116 valence electrons. The van der Waals surface area contributed by atoms with E-state index >= 15 is 0 Å². The lowest BCUT2D eigenvalue weighted by molar-refractivity contribution is 0.249. The van der Waals surface area contributed by atoms with Crippen LogP contribution in [-0.4, -0.2) is 30.6 Å². The first-order chi connectivity index (χ1) is 10.1. The predicted molar refractivity (Wildman–Crippen MR) is 91.0 cm³/mol. The van der Waals surface area contributed by atoms with Crippen LogP contribution >= 0.6 is 11.8 Å². The lowest BCUT2D eigenvalue weighted by atomic mass is 10.1. The minimum Gasteiger partial charge on any atom is -0.334 e. The molecule has 0 aromatic heterocycles. The number of benzene rings is 1. The van der Waals surface area contributed by atoms with Crippen molar-refractivity contribution in [2.45, 2.75) is 43.5 Å². The van der Waals surface area contributed by atoms with Gasteiger partial charge in [0.05, 0.1) is 0 Å². The van der Waals surface area contributed by atoms with Gasteiger partial charge in [-0.3, -0.25) is 0 Å². The topological polar surface area (TPSA) is 53.2 Å². The maximum atomic E-state index is 12.1. The summed E-state index contributed by atoms with van der Waals surface area (Å²) in [6.45, 7) is 2.11. The Kier molecular flexibility index (Phi) is 5.94. The number of nitrogens with one attached hydrogen (secondary N) is 3. The largest absolute Gasteiger partial charge is 0.334 e. The van der Waals surface area contributed by atoms with Gasteiger partial charge in [0, 0.05) is 23.0 Å². The van der Waals surface area contributed by atoms with Gasteiger partial charge in [0.2, 0.25) is 0 Å². The minimum absolute atomic E-state index is 0.102. The van der Waals surface area contributed by atoms with E-state index in [9.17, 15) is 4.79 Å². The zero-order valence-corrected chi connectivity index (χ0v) is 13.8. The number of hydrogen-bond acceptors (Lipinski definition) is 3. The third kappa shape index (κ3) is 4.38. The number of urea groups is 1. The molecule has 3 atom stereocenters. The molecule has 2 amide bonds. The van der Waals surface area contributed by atoms with Crippen LogP contribution in [-0.2, 0) is 0 Å². The van der Waals surface area contributed by atoms with Gasteiger partial charge in [-0.1, -0.05) is 18.6 Å². The van der Waals surface area contributed by atoms with Gasteiger partial charge in [0.15, 0.2) is 0 Å². The van der Waals surface area contributed by atoms with Gasteiger partial charge >= 0.3 is 6.03 Å². The molecule has 1 aliphatic carbocycles. The Bertz CT molecular complexity index is 463. The van der Waals surface area contributed by atoms with E-state index in [-0.39, 0.29) is 6.03 Å². The molecule has 1 aromatic carbocycles. The maximum Gasteiger partial charge on any atom is 0.319 e. The zero-order chi connectivity index (χ0) is 15.2. The Morgan fingerprint density at radius 2 is 2.00 bits per heavy atom. The van der Waals surface area contributed by atoms with Gasteiger partial charge in [0.25, 0.3) is 0 Å². The van der Waals surface area contributed by atoms with Crippen LogP contribution < -0.4 is 16.0 Å². The molecule has 1 saturated carbocycles. The monoisotopic (exact) mass is 307 g/mol. The molecule has 0 radical (unpaired) electrons. The van der Waals surface area contributed by atoms with Crippen LogP contribution in [0.3, 0.4) is 0 Å². The highest BCUT2D eigenvalue weighted by molar-refractivity contribution is 7.99. The molecule has 1 fully saturated rings. The van der Waals surface area contributed by atoms with E-state index in [0.717, 1.165) is 12.1 Å². The molecule has 0 bridgehead atoms. The Morgan fingerprint density at radius 1 is 1.29 bits per heavy atom. The van der Waals surface area contributed by atoms with Crippen LogP contribution in [0.15, 0.2) is 24.3 Å². The molecule has 0 aliphatic heterocycles. The zero-order valence-electron chi connectivity index (χ0n) is 13.0. The van der Waals surface area contributed by atoms with Crippen molar-refractivity contribution >= 4 is 23.5 Å². The Balaban J connectivity index is 1.87. The van der Waals surface area contributed by atoms with Gasteiger partial charge in [-0.25, -0.2) is 4.79 Å². The quantitative estimate of drug-likeness (QED) is 0.782. The second kappa shape index (κ2) is 7.71. The second-order valence-corrected chi connectivity index (χ2v) is 6.62. The van der Waals surface area contributed by atoms with Gasteiger partial charge in [-0.2, -0.15) is 11.8 Å². The Morgan fingerprint density at radius 3 is 2.62 bits per heavy atom. The highest BCUT2D eigenvalue weighted by atomic mass is 32.2. The van der Waals surface area contributed by atoms with Crippen molar-refractivity contribution in [1.29, 1.82) is 0 Å². The summed E-state index contributed by atoms with van der Waals surface area (Å²) in [6, 6.07) is 8.48. The summed E-state index contributed by atoms with van der Waals surface area (Å²) in [5.41, 5.74) is 2.04. The summed E-state index contributed by atoms with van der Waals surface area (Å²) in [7, 11) is 1.94. The lowest BCUT2D eigenvalue weighted by Gasteiger charge is -2.19. The smallest absolute Gasteiger partial charge is 0.319 e. The average molecular weight is 307 g/mol. The van der Waals surface area contributed by atoms with Crippen LogP contribution in [0.4, 0.5) is 10.5 Å². The molecular weight excluding hydrogens is 282 g/mol. The van der Waals surface area contributed by atoms with Crippen molar-refractivity contribution in [2.24, 2.45) is 0 Å². The number of amides is 2. The summed E-state index contributed by atoms with van der Waals surface area (Å²) in [5, 5.41) is 9.76. The lowest BCUT2D eigenvalue weighted by Crippen LogP contribution is -2.41. The highest BCUT2D eigenvalue weighted by Gasteiger charge is 2.27. The van der Waals surface area contributed by atoms with Crippen molar-refractivity contribution in [3.63, 3.8) is 0 Å². The van der Waals surface area contributed by atoms with Crippen molar-refractivity contribution < 1.29 is 4.79 Å². The average Bonchev–Trinajstić information content (AvgIpc) is 2.94. The van der Waals surface area contributed by atoms with Crippen molar-refractivity contribution in [2.75, 3.05) is 18.6 Å². The Hall–Kier alpha value is -1.20. The molecule has 3 N–H and O–H groups in total. The molecule has 2 rings (SSSR count). The fourth-order valence-corrected chi connectivity index (χ4v) is 3.67. The molecule has 0 spiro atoms. The minimum atomic E-state index is -0.102. The van der Waals surface area contributed by atoms with E-state index in [4.69, 9.17) is 0 Å². The highest BCUT2D eigenvalue weighted by Crippen LogP contribution is 2.28. The van der Waals surface area contributed by atoms with Crippen LogP contribution in [0.2, 0.25) is 0 Å². The maximum absolute atomic E-state index is 12.1. The van der Waals surface area contributed by atoms with Gasteiger partial charge in [0.1, 0.15) is 0 Å². The summed E-state index contributed by atoms with van der Waals surface area (Å²) < 4.78 is 0. The first kappa shape index (κ1) is 16.2. The fraction of sp³-hybridized carbons (Fsp3) is 0.562. The number of rotatable bonds is 5. The number of hydrogen-bond donors (Lipinski definition) is 3.